The van der Waals surface area contributed by atoms with Crippen LogP contribution in [0.1, 0.15) is 11.1 Å². The van der Waals surface area contributed by atoms with Gasteiger partial charge in [-0.25, -0.2) is 0 Å². The van der Waals surface area contributed by atoms with E-state index in [9.17, 15) is 4.79 Å². The summed E-state index contributed by atoms with van der Waals surface area (Å²) in [5.41, 5.74) is 1.78. The number of hydrogen-bond acceptors (Lipinski definition) is 4. The monoisotopic (exact) mass is 286 g/mol. The summed E-state index contributed by atoms with van der Waals surface area (Å²) in [7, 11) is 3.14. The Balaban J connectivity index is 2.28. The van der Waals surface area contributed by atoms with Gasteiger partial charge in [-0.15, -0.1) is 0 Å². The SMILES string of the molecule is COc1cc(OC)c(CC=O)c(OCc2ccccc2)c1. The van der Waals surface area contributed by atoms with Crippen molar-refractivity contribution in [3.05, 3.63) is 53.6 Å². The molecule has 0 atom stereocenters. The molecule has 0 spiro atoms. The zero-order valence-corrected chi connectivity index (χ0v) is 12.2. The van der Waals surface area contributed by atoms with Crippen molar-refractivity contribution in [1.29, 1.82) is 0 Å². The topological polar surface area (TPSA) is 44.8 Å². The zero-order valence-electron chi connectivity index (χ0n) is 12.2. The molecule has 0 aromatic heterocycles. The van der Waals surface area contributed by atoms with Gasteiger partial charge in [-0.3, -0.25) is 0 Å². The van der Waals surface area contributed by atoms with E-state index < -0.39 is 0 Å². The van der Waals surface area contributed by atoms with Crippen molar-refractivity contribution in [3.8, 4) is 17.2 Å². The van der Waals surface area contributed by atoms with E-state index in [1.54, 1.807) is 26.4 Å². The van der Waals surface area contributed by atoms with Gasteiger partial charge in [0.05, 0.1) is 14.2 Å². The van der Waals surface area contributed by atoms with Gasteiger partial charge >= 0.3 is 0 Å². The van der Waals surface area contributed by atoms with Gasteiger partial charge in [0.2, 0.25) is 0 Å². The molecule has 0 aliphatic rings. The molecule has 21 heavy (non-hydrogen) atoms. The molecule has 0 bridgehead atoms. The van der Waals surface area contributed by atoms with Crippen molar-refractivity contribution in [2.75, 3.05) is 14.2 Å². The predicted molar refractivity (Wildman–Crippen MR) is 80.1 cm³/mol. The van der Waals surface area contributed by atoms with Crippen LogP contribution in [0.3, 0.4) is 0 Å². The van der Waals surface area contributed by atoms with Crippen LogP contribution in [0, 0.1) is 0 Å². The van der Waals surface area contributed by atoms with Crippen molar-refractivity contribution in [2.24, 2.45) is 0 Å². The molecule has 0 fully saturated rings. The maximum absolute atomic E-state index is 10.9. The van der Waals surface area contributed by atoms with E-state index in [0.717, 1.165) is 17.4 Å². The summed E-state index contributed by atoms with van der Waals surface area (Å²) in [6.45, 7) is 0.420. The van der Waals surface area contributed by atoms with Crippen molar-refractivity contribution < 1.29 is 19.0 Å². The Kier molecular flexibility index (Phi) is 5.21. The van der Waals surface area contributed by atoms with E-state index in [0.29, 0.717) is 23.9 Å². The fraction of sp³-hybridized carbons (Fsp3) is 0.235. The molecule has 4 heteroatoms. The fourth-order valence-corrected chi connectivity index (χ4v) is 2.04. The minimum absolute atomic E-state index is 0.233. The van der Waals surface area contributed by atoms with E-state index in [4.69, 9.17) is 14.2 Å². The van der Waals surface area contributed by atoms with E-state index in [-0.39, 0.29) is 6.42 Å². The second kappa shape index (κ2) is 7.33. The van der Waals surface area contributed by atoms with Crippen molar-refractivity contribution in [3.63, 3.8) is 0 Å². The van der Waals surface area contributed by atoms with Crippen LogP contribution in [0.25, 0.3) is 0 Å². The molecule has 110 valence electrons. The third-order valence-electron chi connectivity index (χ3n) is 3.12. The first-order valence-corrected chi connectivity index (χ1v) is 6.63. The van der Waals surface area contributed by atoms with Crippen LogP contribution in [-0.4, -0.2) is 20.5 Å². The first kappa shape index (κ1) is 14.9. The molecule has 0 aliphatic carbocycles. The van der Waals surface area contributed by atoms with Gasteiger partial charge < -0.3 is 19.0 Å². The summed E-state index contributed by atoms with van der Waals surface area (Å²) in [4.78, 5) is 10.9. The molecular weight excluding hydrogens is 268 g/mol. The van der Waals surface area contributed by atoms with Crippen LogP contribution in [0.4, 0.5) is 0 Å². The molecule has 0 radical (unpaired) electrons. The molecule has 0 heterocycles. The summed E-state index contributed by atoms with van der Waals surface area (Å²) >= 11 is 0. The summed E-state index contributed by atoms with van der Waals surface area (Å²) in [6, 6.07) is 13.3. The van der Waals surface area contributed by atoms with E-state index in [1.807, 2.05) is 30.3 Å². The normalized spacial score (nSPS) is 10.0. The van der Waals surface area contributed by atoms with Gasteiger partial charge in [-0.1, -0.05) is 30.3 Å². The van der Waals surface area contributed by atoms with E-state index in [2.05, 4.69) is 0 Å². The number of benzene rings is 2. The molecule has 0 saturated heterocycles. The number of rotatable bonds is 7. The molecule has 2 rings (SSSR count). The van der Waals surface area contributed by atoms with Crippen LogP contribution in [0.15, 0.2) is 42.5 Å². The molecule has 0 aliphatic heterocycles. The molecule has 2 aromatic rings. The van der Waals surface area contributed by atoms with Crippen LogP contribution in [0.5, 0.6) is 17.2 Å². The Morgan fingerprint density at radius 2 is 1.71 bits per heavy atom. The Hall–Kier alpha value is -2.49. The first-order chi connectivity index (χ1) is 10.3. The van der Waals surface area contributed by atoms with Gasteiger partial charge in [-0.2, -0.15) is 0 Å². The van der Waals surface area contributed by atoms with Crippen molar-refractivity contribution in [1.82, 2.24) is 0 Å². The third kappa shape index (κ3) is 3.75. The summed E-state index contributed by atoms with van der Waals surface area (Å²) < 4.78 is 16.4. The number of aldehydes is 1. The lowest BCUT2D eigenvalue weighted by Crippen LogP contribution is -2.02. The summed E-state index contributed by atoms with van der Waals surface area (Å²) in [5.74, 6) is 1.82. The summed E-state index contributed by atoms with van der Waals surface area (Å²) in [6.07, 6.45) is 1.07. The number of carbonyl (C=O) groups excluding carboxylic acids is 1. The van der Waals surface area contributed by atoms with Gasteiger partial charge in [0.25, 0.3) is 0 Å². The minimum Gasteiger partial charge on any atom is -0.496 e. The molecule has 2 aromatic carbocycles. The average molecular weight is 286 g/mol. The van der Waals surface area contributed by atoms with Crippen LogP contribution in [-0.2, 0) is 17.8 Å². The lowest BCUT2D eigenvalue weighted by molar-refractivity contribution is -0.107. The average Bonchev–Trinajstić information content (AvgIpc) is 2.54. The number of ether oxygens (including phenoxy) is 3. The Labute approximate surface area is 124 Å². The van der Waals surface area contributed by atoms with E-state index in [1.165, 1.54) is 0 Å². The van der Waals surface area contributed by atoms with Crippen LogP contribution in [0.2, 0.25) is 0 Å². The third-order valence-corrected chi connectivity index (χ3v) is 3.12. The molecule has 0 amide bonds. The van der Waals surface area contributed by atoms with Gasteiger partial charge in [0.15, 0.2) is 0 Å². The first-order valence-electron chi connectivity index (χ1n) is 6.63. The Bertz CT molecular complexity index is 593. The molecule has 4 nitrogen and oxygen atoms in total. The molecule has 0 saturated carbocycles. The Morgan fingerprint density at radius 3 is 2.33 bits per heavy atom. The highest BCUT2D eigenvalue weighted by molar-refractivity contribution is 5.62. The zero-order chi connectivity index (χ0) is 15.1. The highest BCUT2D eigenvalue weighted by Crippen LogP contribution is 2.34. The maximum Gasteiger partial charge on any atom is 0.130 e. The van der Waals surface area contributed by atoms with E-state index >= 15 is 0 Å². The minimum atomic E-state index is 0.233. The highest BCUT2D eigenvalue weighted by atomic mass is 16.5. The van der Waals surface area contributed by atoms with Crippen LogP contribution >= 0.6 is 0 Å². The van der Waals surface area contributed by atoms with Gasteiger partial charge in [0, 0.05) is 24.1 Å². The second-order valence-electron chi connectivity index (χ2n) is 4.45. The largest absolute Gasteiger partial charge is 0.496 e. The van der Waals surface area contributed by atoms with Gasteiger partial charge in [-0.05, 0) is 5.56 Å². The Morgan fingerprint density at radius 1 is 1.00 bits per heavy atom. The molecule has 0 N–H and O–H groups in total. The lowest BCUT2D eigenvalue weighted by Gasteiger charge is -2.15. The molecule has 0 unspecified atom stereocenters. The van der Waals surface area contributed by atoms with Gasteiger partial charge in [0.1, 0.15) is 30.1 Å². The standard InChI is InChI=1S/C17H18O4/c1-19-14-10-16(20-2)15(8-9-18)17(11-14)21-12-13-6-4-3-5-7-13/h3-7,9-11H,8,12H2,1-2H3. The number of hydrogen-bond donors (Lipinski definition) is 0. The smallest absolute Gasteiger partial charge is 0.130 e. The lowest BCUT2D eigenvalue weighted by atomic mass is 10.1. The maximum atomic E-state index is 10.9. The molecular formula is C17H18O4. The fourth-order valence-electron chi connectivity index (χ4n) is 2.04. The summed E-state index contributed by atoms with van der Waals surface area (Å²) in [5, 5.41) is 0. The van der Waals surface area contributed by atoms with Crippen molar-refractivity contribution >= 4 is 6.29 Å². The predicted octanol–water partition coefficient (Wildman–Crippen LogP) is 3.02. The number of carbonyl (C=O) groups is 1. The van der Waals surface area contributed by atoms with Crippen LogP contribution < -0.4 is 14.2 Å². The van der Waals surface area contributed by atoms with Crippen molar-refractivity contribution in [2.45, 2.75) is 13.0 Å². The quantitative estimate of drug-likeness (QED) is 0.734. The second-order valence-corrected chi connectivity index (χ2v) is 4.45. The highest BCUT2D eigenvalue weighted by Gasteiger charge is 2.13. The number of methoxy groups -OCH3 is 2.